The van der Waals surface area contributed by atoms with Crippen molar-refractivity contribution in [2.75, 3.05) is 6.54 Å². The number of aromatic nitrogens is 3. The minimum Gasteiger partial charge on any atom is -0.346 e. The van der Waals surface area contributed by atoms with E-state index in [2.05, 4.69) is 52.2 Å². The predicted octanol–water partition coefficient (Wildman–Crippen LogP) is 3.17. The fourth-order valence-electron chi connectivity index (χ4n) is 2.33. The van der Waals surface area contributed by atoms with Gasteiger partial charge in [-0.05, 0) is 37.1 Å². The standard InChI is InChI=1S/C16H24N4/c1-3-6-15(17-8-4-2)14-7-11-20(12-14)13-16-18-9-5-10-19-16/h5,7,9-12,15,17H,3-4,6,8,13H2,1-2H3. The molecule has 0 aliphatic carbocycles. The van der Waals surface area contributed by atoms with E-state index in [1.165, 1.54) is 24.8 Å². The van der Waals surface area contributed by atoms with E-state index in [1.54, 1.807) is 12.4 Å². The van der Waals surface area contributed by atoms with Gasteiger partial charge >= 0.3 is 0 Å². The first-order valence-corrected chi connectivity index (χ1v) is 7.48. The van der Waals surface area contributed by atoms with E-state index < -0.39 is 0 Å². The van der Waals surface area contributed by atoms with E-state index in [1.807, 2.05) is 6.07 Å². The van der Waals surface area contributed by atoms with E-state index in [-0.39, 0.29) is 0 Å². The largest absolute Gasteiger partial charge is 0.346 e. The zero-order valence-corrected chi connectivity index (χ0v) is 12.4. The topological polar surface area (TPSA) is 42.7 Å². The van der Waals surface area contributed by atoms with Crippen LogP contribution >= 0.6 is 0 Å². The Morgan fingerprint density at radius 1 is 1.20 bits per heavy atom. The summed E-state index contributed by atoms with van der Waals surface area (Å²) in [5.74, 6) is 0.850. The average Bonchev–Trinajstić information content (AvgIpc) is 2.93. The highest BCUT2D eigenvalue weighted by molar-refractivity contribution is 5.16. The Balaban J connectivity index is 2.02. The molecule has 0 spiro atoms. The van der Waals surface area contributed by atoms with Crippen LogP contribution in [0.15, 0.2) is 36.9 Å². The van der Waals surface area contributed by atoms with Crippen LogP contribution in [0.2, 0.25) is 0 Å². The van der Waals surface area contributed by atoms with Gasteiger partial charge in [-0.2, -0.15) is 0 Å². The van der Waals surface area contributed by atoms with Gasteiger partial charge in [0, 0.05) is 30.8 Å². The fraction of sp³-hybridized carbons (Fsp3) is 0.500. The third-order valence-electron chi connectivity index (χ3n) is 3.34. The number of hydrogen-bond donors (Lipinski definition) is 1. The molecule has 4 nitrogen and oxygen atoms in total. The first-order chi connectivity index (χ1) is 9.83. The molecule has 2 heterocycles. The van der Waals surface area contributed by atoms with Gasteiger partial charge in [-0.3, -0.25) is 0 Å². The Hall–Kier alpha value is -1.68. The van der Waals surface area contributed by atoms with Gasteiger partial charge in [0.1, 0.15) is 5.82 Å². The molecular formula is C16H24N4. The Morgan fingerprint density at radius 2 is 2.00 bits per heavy atom. The molecule has 1 atom stereocenters. The molecule has 2 rings (SSSR count). The summed E-state index contributed by atoms with van der Waals surface area (Å²) in [6.07, 6.45) is 11.4. The van der Waals surface area contributed by atoms with Crippen molar-refractivity contribution in [1.29, 1.82) is 0 Å². The van der Waals surface area contributed by atoms with Gasteiger partial charge in [0.2, 0.25) is 0 Å². The SMILES string of the molecule is CCCNC(CCC)c1ccn(Cc2ncccn2)c1. The van der Waals surface area contributed by atoms with Crippen LogP contribution in [0, 0.1) is 0 Å². The predicted molar refractivity (Wildman–Crippen MR) is 81.5 cm³/mol. The molecule has 20 heavy (non-hydrogen) atoms. The number of hydrogen-bond acceptors (Lipinski definition) is 3. The molecule has 0 aliphatic heterocycles. The monoisotopic (exact) mass is 272 g/mol. The molecule has 0 amide bonds. The van der Waals surface area contributed by atoms with Crippen LogP contribution in [-0.2, 0) is 6.54 Å². The summed E-state index contributed by atoms with van der Waals surface area (Å²) in [5.41, 5.74) is 1.36. The van der Waals surface area contributed by atoms with Crippen molar-refractivity contribution < 1.29 is 0 Å². The summed E-state index contributed by atoms with van der Waals surface area (Å²) in [6, 6.07) is 4.50. The second kappa shape index (κ2) is 7.80. The molecule has 0 saturated heterocycles. The molecule has 0 aromatic carbocycles. The van der Waals surface area contributed by atoms with E-state index in [4.69, 9.17) is 0 Å². The lowest BCUT2D eigenvalue weighted by Gasteiger charge is -2.16. The van der Waals surface area contributed by atoms with Crippen molar-refractivity contribution >= 4 is 0 Å². The molecule has 2 aromatic rings. The second-order valence-corrected chi connectivity index (χ2v) is 5.08. The zero-order chi connectivity index (χ0) is 14.2. The maximum absolute atomic E-state index is 4.27. The molecule has 0 aliphatic rings. The molecule has 2 aromatic heterocycles. The van der Waals surface area contributed by atoms with Gasteiger partial charge in [-0.1, -0.05) is 20.3 Å². The number of nitrogens with one attached hydrogen (secondary N) is 1. The lowest BCUT2D eigenvalue weighted by Crippen LogP contribution is -2.21. The maximum atomic E-state index is 4.27. The average molecular weight is 272 g/mol. The Kier molecular flexibility index (Phi) is 5.74. The summed E-state index contributed by atoms with van der Waals surface area (Å²) >= 11 is 0. The summed E-state index contributed by atoms with van der Waals surface area (Å²) in [7, 11) is 0. The van der Waals surface area contributed by atoms with Crippen molar-refractivity contribution in [1.82, 2.24) is 19.9 Å². The molecule has 1 N–H and O–H groups in total. The van der Waals surface area contributed by atoms with Crippen molar-refractivity contribution in [3.63, 3.8) is 0 Å². The van der Waals surface area contributed by atoms with E-state index in [0.29, 0.717) is 6.04 Å². The van der Waals surface area contributed by atoms with Crippen LogP contribution in [-0.4, -0.2) is 21.1 Å². The van der Waals surface area contributed by atoms with Gasteiger partial charge in [0.05, 0.1) is 6.54 Å². The van der Waals surface area contributed by atoms with Crippen LogP contribution < -0.4 is 5.32 Å². The van der Waals surface area contributed by atoms with Crippen LogP contribution in [0.3, 0.4) is 0 Å². The molecular weight excluding hydrogens is 248 g/mol. The molecule has 1 unspecified atom stereocenters. The lowest BCUT2D eigenvalue weighted by atomic mass is 10.1. The van der Waals surface area contributed by atoms with E-state index in [0.717, 1.165) is 18.9 Å². The van der Waals surface area contributed by atoms with E-state index >= 15 is 0 Å². The summed E-state index contributed by atoms with van der Waals surface area (Å²) in [4.78, 5) is 8.53. The van der Waals surface area contributed by atoms with Crippen LogP contribution in [0.25, 0.3) is 0 Å². The first-order valence-electron chi connectivity index (χ1n) is 7.48. The molecule has 0 radical (unpaired) electrons. The lowest BCUT2D eigenvalue weighted by molar-refractivity contribution is 0.493. The maximum Gasteiger partial charge on any atom is 0.147 e. The van der Waals surface area contributed by atoms with Crippen molar-refractivity contribution in [2.24, 2.45) is 0 Å². The molecule has 0 saturated carbocycles. The summed E-state index contributed by atoms with van der Waals surface area (Å²) in [6.45, 7) is 6.23. The first kappa shape index (κ1) is 14.7. The number of nitrogens with zero attached hydrogens (tertiary/aromatic N) is 3. The van der Waals surface area contributed by atoms with Gasteiger partial charge < -0.3 is 9.88 Å². The minimum absolute atomic E-state index is 0.456. The van der Waals surface area contributed by atoms with Crippen molar-refractivity contribution in [3.05, 3.63) is 48.3 Å². The van der Waals surface area contributed by atoms with Gasteiger partial charge in [-0.25, -0.2) is 9.97 Å². The smallest absolute Gasteiger partial charge is 0.147 e. The summed E-state index contributed by atoms with van der Waals surface area (Å²) in [5, 5.41) is 3.62. The summed E-state index contributed by atoms with van der Waals surface area (Å²) < 4.78 is 2.15. The third kappa shape index (κ3) is 4.17. The van der Waals surface area contributed by atoms with Gasteiger partial charge in [-0.15, -0.1) is 0 Å². The Morgan fingerprint density at radius 3 is 2.70 bits per heavy atom. The molecule has 0 bridgehead atoms. The quantitative estimate of drug-likeness (QED) is 0.802. The molecule has 4 heteroatoms. The molecule has 108 valence electrons. The van der Waals surface area contributed by atoms with Gasteiger partial charge in [0.15, 0.2) is 0 Å². The van der Waals surface area contributed by atoms with Crippen LogP contribution in [0.1, 0.15) is 50.5 Å². The Labute approximate surface area is 121 Å². The number of rotatable bonds is 8. The zero-order valence-electron chi connectivity index (χ0n) is 12.4. The van der Waals surface area contributed by atoms with Crippen molar-refractivity contribution in [2.45, 2.75) is 45.7 Å². The highest BCUT2D eigenvalue weighted by atomic mass is 15.0. The van der Waals surface area contributed by atoms with E-state index in [9.17, 15) is 0 Å². The van der Waals surface area contributed by atoms with Crippen molar-refractivity contribution in [3.8, 4) is 0 Å². The van der Waals surface area contributed by atoms with Crippen LogP contribution in [0.5, 0.6) is 0 Å². The van der Waals surface area contributed by atoms with Gasteiger partial charge in [0.25, 0.3) is 0 Å². The normalized spacial score (nSPS) is 12.5. The third-order valence-corrected chi connectivity index (χ3v) is 3.34. The highest BCUT2D eigenvalue weighted by Crippen LogP contribution is 2.19. The fourth-order valence-corrected chi connectivity index (χ4v) is 2.33. The Bertz CT molecular complexity index is 492. The second-order valence-electron chi connectivity index (χ2n) is 5.08. The van der Waals surface area contributed by atoms with Crippen LogP contribution in [0.4, 0.5) is 0 Å². The molecule has 0 fully saturated rings. The highest BCUT2D eigenvalue weighted by Gasteiger charge is 2.11. The minimum atomic E-state index is 0.456.